The van der Waals surface area contributed by atoms with Crippen molar-refractivity contribution in [3.05, 3.63) is 47.6 Å². The van der Waals surface area contributed by atoms with E-state index < -0.39 is 0 Å². The van der Waals surface area contributed by atoms with Crippen LogP contribution in [0.3, 0.4) is 0 Å². The number of hydrogen-bond acceptors (Lipinski definition) is 4. The van der Waals surface area contributed by atoms with Gasteiger partial charge in [-0.3, -0.25) is 4.99 Å². The summed E-state index contributed by atoms with van der Waals surface area (Å²) < 4.78 is 5.27. The Morgan fingerprint density at radius 2 is 2.04 bits per heavy atom. The van der Waals surface area contributed by atoms with Crippen LogP contribution in [0.2, 0.25) is 0 Å². The smallest absolute Gasteiger partial charge is 0.226 e. The number of aliphatic imine (C=N–C) groups is 1. The molecule has 0 saturated heterocycles. The Hall–Kier alpha value is -2.37. The van der Waals surface area contributed by atoms with Gasteiger partial charge in [0.1, 0.15) is 0 Å². The Kier molecular flexibility index (Phi) is 7.44. The van der Waals surface area contributed by atoms with E-state index in [1.807, 2.05) is 6.07 Å². The quantitative estimate of drug-likeness (QED) is 0.453. The van der Waals surface area contributed by atoms with E-state index in [4.69, 9.17) is 9.52 Å². The van der Waals surface area contributed by atoms with Gasteiger partial charge in [0.2, 0.25) is 5.89 Å². The number of nitrogens with zero attached hydrogens (tertiary/aromatic N) is 4. The summed E-state index contributed by atoms with van der Waals surface area (Å²) in [5.74, 6) is 2.68. The fourth-order valence-corrected chi connectivity index (χ4v) is 2.42. The Balaban J connectivity index is 1.85. The number of hydrogen-bond donors (Lipinski definition) is 1. The fourth-order valence-electron chi connectivity index (χ4n) is 2.42. The molecule has 1 aromatic heterocycles. The van der Waals surface area contributed by atoms with Crippen LogP contribution in [0.15, 0.2) is 39.8 Å². The number of nitrogens with one attached hydrogen (secondary N) is 1. The van der Waals surface area contributed by atoms with E-state index in [1.54, 1.807) is 0 Å². The van der Waals surface area contributed by atoms with E-state index in [0.717, 1.165) is 44.3 Å². The fraction of sp³-hybridized carbons (Fsp3) is 0.526. The second-order valence-corrected chi connectivity index (χ2v) is 6.38. The number of aromatic nitrogens is 2. The molecule has 136 valence electrons. The van der Waals surface area contributed by atoms with Crippen LogP contribution in [0.1, 0.15) is 50.4 Å². The Morgan fingerprint density at radius 1 is 1.28 bits per heavy atom. The van der Waals surface area contributed by atoms with Gasteiger partial charge in [0.25, 0.3) is 0 Å². The summed E-state index contributed by atoms with van der Waals surface area (Å²) in [6.07, 6.45) is 1.64. The van der Waals surface area contributed by atoms with E-state index in [2.05, 4.69) is 72.4 Å². The third-order valence-corrected chi connectivity index (χ3v) is 3.77. The second kappa shape index (κ2) is 9.81. The largest absolute Gasteiger partial charge is 0.357 e. The molecule has 1 aromatic carbocycles. The zero-order valence-electron chi connectivity index (χ0n) is 15.7. The molecule has 0 aliphatic heterocycles. The molecule has 0 unspecified atom stereocenters. The van der Waals surface area contributed by atoms with Gasteiger partial charge in [-0.2, -0.15) is 4.98 Å². The first-order chi connectivity index (χ1) is 12.1. The van der Waals surface area contributed by atoms with Crippen molar-refractivity contribution in [1.29, 1.82) is 0 Å². The zero-order chi connectivity index (χ0) is 18.1. The molecule has 1 N–H and O–H groups in total. The summed E-state index contributed by atoms with van der Waals surface area (Å²) in [7, 11) is 2.06. The molecule has 0 fully saturated rings. The van der Waals surface area contributed by atoms with Gasteiger partial charge in [-0.25, -0.2) is 0 Å². The third-order valence-electron chi connectivity index (χ3n) is 3.77. The van der Waals surface area contributed by atoms with Crippen LogP contribution in [0.25, 0.3) is 0 Å². The van der Waals surface area contributed by atoms with E-state index in [0.29, 0.717) is 11.8 Å². The molecule has 2 aromatic rings. The van der Waals surface area contributed by atoms with Crippen molar-refractivity contribution in [1.82, 2.24) is 20.4 Å². The van der Waals surface area contributed by atoms with Crippen LogP contribution in [-0.4, -0.2) is 41.1 Å². The molecule has 25 heavy (non-hydrogen) atoms. The molecule has 6 heteroatoms. The predicted octanol–water partition coefficient (Wildman–Crippen LogP) is 3.22. The lowest BCUT2D eigenvalue weighted by molar-refractivity contribution is 0.369. The molecule has 0 spiro atoms. The van der Waals surface area contributed by atoms with E-state index in [9.17, 15) is 0 Å². The number of guanidine groups is 1. The van der Waals surface area contributed by atoms with Crippen molar-refractivity contribution in [2.24, 2.45) is 4.99 Å². The van der Waals surface area contributed by atoms with Gasteiger partial charge in [-0.1, -0.05) is 49.3 Å². The first-order valence-corrected chi connectivity index (χ1v) is 8.96. The van der Waals surface area contributed by atoms with Gasteiger partial charge >= 0.3 is 0 Å². The predicted molar refractivity (Wildman–Crippen MR) is 101 cm³/mol. The molecule has 1 heterocycles. The molecule has 0 radical (unpaired) electrons. The maximum absolute atomic E-state index is 5.27. The molecular weight excluding hydrogens is 314 g/mol. The Morgan fingerprint density at radius 3 is 2.68 bits per heavy atom. The van der Waals surface area contributed by atoms with Gasteiger partial charge in [0, 0.05) is 39.0 Å². The van der Waals surface area contributed by atoms with Gasteiger partial charge in [0.15, 0.2) is 11.8 Å². The van der Waals surface area contributed by atoms with Gasteiger partial charge < -0.3 is 14.7 Å². The summed E-state index contributed by atoms with van der Waals surface area (Å²) in [6.45, 7) is 8.60. The normalized spacial score (nSPS) is 11.8. The highest BCUT2D eigenvalue weighted by atomic mass is 16.5. The zero-order valence-corrected chi connectivity index (χ0v) is 15.7. The number of benzene rings is 1. The van der Waals surface area contributed by atoms with E-state index >= 15 is 0 Å². The van der Waals surface area contributed by atoms with Crippen LogP contribution in [0.4, 0.5) is 0 Å². The molecule has 0 bridgehead atoms. The summed E-state index contributed by atoms with van der Waals surface area (Å²) in [5.41, 5.74) is 1.27. The molecule has 0 amide bonds. The first-order valence-electron chi connectivity index (χ1n) is 8.96. The van der Waals surface area contributed by atoms with Gasteiger partial charge in [-0.05, 0) is 18.9 Å². The minimum Gasteiger partial charge on any atom is -0.357 e. The number of rotatable bonds is 8. The standard InChI is InChI=1S/C19H29N5O/c1-5-20-19(24(4)14-16-10-7-6-8-11-16)21-13-9-12-17-22-18(15(2)3)23-25-17/h6-8,10-11,15H,5,9,12-14H2,1-4H3,(H,20,21). The van der Waals surface area contributed by atoms with Crippen molar-refractivity contribution < 1.29 is 4.52 Å². The minimum absolute atomic E-state index is 0.294. The highest BCUT2D eigenvalue weighted by molar-refractivity contribution is 5.79. The maximum Gasteiger partial charge on any atom is 0.226 e. The summed E-state index contributed by atoms with van der Waals surface area (Å²) in [6, 6.07) is 10.4. The molecular formula is C19H29N5O. The van der Waals surface area contributed by atoms with E-state index in [-0.39, 0.29) is 0 Å². The van der Waals surface area contributed by atoms with Crippen molar-refractivity contribution >= 4 is 5.96 Å². The monoisotopic (exact) mass is 343 g/mol. The Labute approximate surface area is 150 Å². The van der Waals surface area contributed by atoms with Crippen LogP contribution in [0.5, 0.6) is 0 Å². The van der Waals surface area contributed by atoms with Crippen molar-refractivity contribution in [3.8, 4) is 0 Å². The van der Waals surface area contributed by atoms with E-state index in [1.165, 1.54) is 5.56 Å². The lowest BCUT2D eigenvalue weighted by Crippen LogP contribution is -2.38. The van der Waals surface area contributed by atoms with Gasteiger partial charge in [-0.15, -0.1) is 0 Å². The van der Waals surface area contributed by atoms with Crippen LogP contribution in [-0.2, 0) is 13.0 Å². The highest BCUT2D eigenvalue weighted by Gasteiger charge is 2.09. The summed E-state index contributed by atoms with van der Waals surface area (Å²) >= 11 is 0. The average molecular weight is 343 g/mol. The first kappa shape index (κ1) is 19.0. The van der Waals surface area contributed by atoms with Crippen LogP contribution in [0, 0.1) is 0 Å². The summed E-state index contributed by atoms with van der Waals surface area (Å²) in [5, 5.41) is 7.34. The number of aryl methyl sites for hydroxylation is 1. The van der Waals surface area contributed by atoms with Crippen LogP contribution >= 0.6 is 0 Å². The molecule has 0 aliphatic carbocycles. The second-order valence-electron chi connectivity index (χ2n) is 6.38. The lowest BCUT2D eigenvalue weighted by Gasteiger charge is -2.22. The van der Waals surface area contributed by atoms with Crippen molar-refractivity contribution in [2.45, 2.75) is 46.1 Å². The SMILES string of the molecule is CCNC(=NCCCc1nc(C(C)C)no1)N(C)Cc1ccccc1. The maximum atomic E-state index is 5.27. The molecule has 0 aliphatic rings. The molecule has 0 atom stereocenters. The summed E-state index contributed by atoms with van der Waals surface area (Å²) in [4.78, 5) is 11.3. The molecule has 0 saturated carbocycles. The average Bonchev–Trinajstić information content (AvgIpc) is 3.07. The van der Waals surface area contributed by atoms with Crippen molar-refractivity contribution in [3.63, 3.8) is 0 Å². The molecule has 2 rings (SSSR count). The highest BCUT2D eigenvalue weighted by Crippen LogP contribution is 2.10. The lowest BCUT2D eigenvalue weighted by atomic mass is 10.2. The van der Waals surface area contributed by atoms with Crippen molar-refractivity contribution in [2.75, 3.05) is 20.1 Å². The molecule has 6 nitrogen and oxygen atoms in total. The minimum atomic E-state index is 0.294. The van der Waals surface area contributed by atoms with Crippen LogP contribution < -0.4 is 5.32 Å². The van der Waals surface area contributed by atoms with Gasteiger partial charge in [0.05, 0.1) is 0 Å². The Bertz CT molecular complexity index is 651. The third kappa shape index (κ3) is 6.21. The topological polar surface area (TPSA) is 66.5 Å².